The lowest BCUT2D eigenvalue weighted by Crippen LogP contribution is -2.25. The standard InChI is InChI=1S/C17H16N2O/c1-13-16(12-14-8-4-2-5-9-14)18-19(17(13)20)15-10-6-3-7-11-15/h2-11,13H,12H2,1H3. The number of hydrogen-bond acceptors (Lipinski definition) is 2. The van der Waals surface area contributed by atoms with Crippen LogP contribution in [0.3, 0.4) is 0 Å². The first-order chi connectivity index (χ1) is 9.75. The highest BCUT2D eigenvalue weighted by molar-refractivity contribution is 6.15. The largest absolute Gasteiger partial charge is 0.272 e. The smallest absolute Gasteiger partial charge is 0.255 e. The summed E-state index contributed by atoms with van der Waals surface area (Å²) in [4.78, 5) is 12.3. The van der Waals surface area contributed by atoms with Crippen molar-refractivity contribution < 1.29 is 4.79 Å². The maximum atomic E-state index is 12.3. The third-order valence-corrected chi connectivity index (χ3v) is 3.54. The van der Waals surface area contributed by atoms with Crippen LogP contribution in [0.2, 0.25) is 0 Å². The van der Waals surface area contributed by atoms with Crippen LogP contribution in [0.15, 0.2) is 65.8 Å². The Bertz CT molecular complexity index is 635. The molecule has 2 aromatic carbocycles. The molecule has 0 radical (unpaired) electrons. The summed E-state index contributed by atoms with van der Waals surface area (Å²) in [5.74, 6) is -0.113. The maximum Gasteiger partial charge on any atom is 0.255 e. The van der Waals surface area contributed by atoms with E-state index in [0.29, 0.717) is 0 Å². The van der Waals surface area contributed by atoms with Gasteiger partial charge in [0.1, 0.15) is 0 Å². The van der Waals surface area contributed by atoms with Gasteiger partial charge in [-0.3, -0.25) is 4.79 Å². The van der Waals surface area contributed by atoms with Gasteiger partial charge in [-0.2, -0.15) is 5.10 Å². The van der Waals surface area contributed by atoms with Gasteiger partial charge >= 0.3 is 0 Å². The van der Waals surface area contributed by atoms with Gasteiger partial charge in [-0.05, 0) is 24.6 Å². The van der Waals surface area contributed by atoms with E-state index in [1.807, 2.05) is 55.5 Å². The van der Waals surface area contributed by atoms with Gasteiger partial charge in [0.15, 0.2) is 0 Å². The van der Waals surface area contributed by atoms with Gasteiger partial charge in [0, 0.05) is 6.42 Å². The topological polar surface area (TPSA) is 32.7 Å². The van der Waals surface area contributed by atoms with Crippen molar-refractivity contribution in [1.29, 1.82) is 0 Å². The lowest BCUT2D eigenvalue weighted by molar-refractivity contribution is -0.119. The van der Waals surface area contributed by atoms with Crippen LogP contribution in [-0.2, 0) is 11.2 Å². The van der Waals surface area contributed by atoms with E-state index in [4.69, 9.17) is 0 Å². The van der Waals surface area contributed by atoms with Gasteiger partial charge < -0.3 is 0 Å². The van der Waals surface area contributed by atoms with E-state index in [2.05, 4.69) is 17.2 Å². The number of carbonyl (C=O) groups is 1. The summed E-state index contributed by atoms with van der Waals surface area (Å²) in [6, 6.07) is 19.7. The zero-order valence-electron chi connectivity index (χ0n) is 11.4. The third kappa shape index (κ3) is 2.35. The first kappa shape index (κ1) is 12.6. The number of amides is 1. The van der Waals surface area contributed by atoms with Gasteiger partial charge in [-0.25, -0.2) is 5.01 Å². The van der Waals surface area contributed by atoms with Crippen LogP contribution >= 0.6 is 0 Å². The van der Waals surface area contributed by atoms with Crippen molar-refractivity contribution in [2.45, 2.75) is 13.3 Å². The van der Waals surface area contributed by atoms with Crippen molar-refractivity contribution in [3.63, 3.8) is 0 Å². The number of nitrogens with zero attached hydrogens (tertiary/aromatic N) is 2. The van der Waals surface area contributed by atoms with Gasteiger partial charge in [0.05, 0.1) is 17.3 Å². The first-order valence-corrected chi connectivity index (χ1v) is 6.76. The molecule has 1 aliphatic rings. The Kier molecular flexibility index (Phi) is 3.33. The highest BCUT2D eigenvalue weighted by atomic mass is 16.2. The van der Waals surface area contributed by atoms with Gasteiger partial charge in [0.25, 0.3) is 5.91 Å². The van der Waals surface area contributed by atoms with E-state index in [0.717, 1.165) is 17.8 Å². The molecule has 1 heterocycles. The third-order valence-electron chi connectivity index (χ3n) is 3.54. The SMILES string of the molecule is CC1C(=O)N(c2ccccc2)N=C1Cc1ccccc1. The summed E-state index contributed by atoms with van der Waals surface area (Å²) in [5, 5.41) is 6.03. The molecule has 1 aliphatic heterocycles. The van der Waals surface area contributed by atoms with Crippen LogP contribution in [0.5, 0.6) is 0 Å². The molecular weight excluding hydrogens is 248 g/mol. The zero-order chi connectivity index (χ0) is 13.9. The number of rotatable bonds is 3. The molecule has 0 N–H and O–H groups in total. The first-order valence-electron chi connectivity index (χ1n) is 6.76. The summed E-state index contributed by atoms with van der Waals surface area (Å²) in [6.45, 7) is 1.92. The van der Waals surface area contributed by atoms with E-state index >= 15 is 0 Å². The Morgan fingerprint density at radius 1 is 1.00 bits per heavy atom. The fraction of sp³-hybridized carbons (Fsp3) is 0.176. The molecule has 1 amide bonds. The lowest BCUT2D eigenvalue weighted by Gasteiger charge is -2.11. The average Bonchev–Trinajstić information content (AvgIpc) is 2.78. The minimum atomic E-state index is -0.157. The van der Waals surface area contributed by atoms with Crippen molar-refractivity contribution >= 4 is 17.3 Å². The Labute approximate surface area is 118 Å². The molecule has 2 aromatic rings. The second-order valence-corrected chi connectivity index (χ2v) is 4.96. The predicted octanol–water partition coefficient (Wildman–Crippen LogP) is 3.27. The second-order valence-electron chi connectivity index (χ2n) is 4.96. The summed E-state index contributed by atoms with van der Waals surface area (Å²) < 4.78 is 0. The van der Waals surface area contributed by atoms with Crippen LogP contribution in [0.25, 0.3) is 0 Å². The molecule has 20 heavy (non-hydrogen) atoms. The summed E-state index contributed by atoms with van der Waals surface area (Å²) in [5.41, 5.74) is 2.93. The Balaban J connectivity index is 1.87. The van der Waals surface area contributed by atoms with Gasteiger partial charge in [-0.15, -0.1) is 0 Å². The van der Waals surface area contributed by atoms with E-state index in [1.165, 1.54) is 10.6 Å². The van der Waals surface area contributed by atoms with Crippen LogP contribution < -0.4 is 5.01 Å². The van der Waals surface area contributed by atoms with Crippen LogP contribution in [0, 0.1) is 5.92 Å². The van der Waals surface area contributed by atoms with E-state index in [1.54, 1.807) is 0 Å². The van der Waals surface area contributed by atoms with Crippen molar-refractivity contribution in [3.05, 3.63) is 66.2 Å². The van der Waals surface area contributed by atoms with Crippen LogP contribution in [0.1, 0.15) is 12.5 Å². The van der Waals surface area contributed by atoms with Crippen LogP contribution in [0.4, 0.5) is 5.69 Å². The molecule has 3 heteroatoms. The van der Waals surface area contributed by atoms with Gasteiger partial charge in [0.2, 0.25) is 0 Å². The number of hydrazone groups is 1. The van der Waals surface area contributed by atoms with Gasteiger partial charge in [-0.1, -0.05) is 48.5 Å². The molecule has 0 aliphatic carbocycles. The molecular formula is C17H16N2O. The van der Waals surface area contributed by atoms with Crippen molar-refractivity contribution in [2.24, 2.45) is 11.0 Å². The Morgan fingerprint density at radius 3 is 2.25 bits per heavy atom. The minimum Gasteiger partial charge on any atom is -0.272 e. The average molecular weight is 264 g/mol. The zero-order valence-corrected chi connectivity index (χ0v) is 11.4. The molecule has 3 rings (SSSR count). The Morgan fingerprint density at radius 2 is 1.60 bits per heavy atom. The fourth-order valence-electron chi connectivity index (χ4n) is 2.34. The Hall–Kier alpha value is -2.42. The number of para-hydroxylation sites is 1. The normalized spacial score (nSPS) is 18.2. The molecule has 0 saturated carbocycles. The molecule has 0 bridgehead atoms. The summed E-state index contributed by atoms with van der Waals surface area (Å²) in [7, 11) is 0. The second kappa shape index (κ2) is 5.29. The number of benzene rings is 2. The molecule has 0 saturated heterocycles. The fourth-order valence-corrected chi connectivity index (χ4v) is 2.34. The van der Waals surface area contributed by atoms with Crippen molar-refractivity contribution in [1.82, 2.24) is 0 Å². The number of anilines is 1. The lowest BCUT2D eigenvalue weighted by atomic mass is 9.99. The minimum absolute atomic E-state index is 0.0436. The highest BCUT2D eigenvalue weighted by Gasteiger charge is 2.32. The molecule has 1 atom stereocenters. The number of hydrogen-bond donors (Lipinski definition) is 0. The van der Waals surface area contributed by atoms with E-state index < -0.39 is 0 Å². The van der Waals surface area contributed by atoms with Crippen molar-refractivity contribution in [3.8, 4) is 0 Å². The molecule has 0 fully saturated rings. The summed E-state index contributed by atoms with van der Waals surface area (Å²) in [6.07, 6.45) is 0.719. The predicted molar refractivity (Wildman–Crippen MR) is 80.7 cm³/mol. The number of carbonyl (C=O) groups excluding carboxylic acids is 1. The van der Waals surface area contributed by atoms with E-state index in [9.17, 15) is 4.79 Å². The monoisotopic (exact) mass is 264 g/mol. The molecule has 1 unspecified atom stereocenters. The quantitative estimate of drug-likeness (QED) is 0.837. The van der Waals surface area contributed by atoms with E-state index in [-0.39, 0.29) is 11.8 Å². The summed E-state index contributed by atoms with van der Waals surface area (Å²) >= 11 is 0. The molecule has 0 aromatic heterocycles. The molecule has 100 valence electrons. The van der Waals surface area contributed by atoms with Crippen LogP contribution in [-0.4, -0.2) is 11.6 Å². The highest BCUT2D eigenvalue weighted by Crippen LogP contribution is 2.24. The van der Waals surface area contributed by atoms with Crippen molar-refractivity contribution in [2.75, 3.05) is 5.01 Å². The maximum absolute atomic E-state index is 12.3. The molecule has 3 nitrogen and oxygen atoms in total. The molecule has 0 spiro atoms.